The number of urea groups is 1. The van der Waals surface area contributed by atoms with Gasteiger partial charge in [0.15, 0.2) is 0 Å². The zero-order chi connectivity index (χ0) is 14.6. The SMILES string of the molecule is COCC(=O)N1CCN(C(=O)NCC2(C)COC2)CC1. The van der Waals surface area contributed by atoms with Crippen LogP contribution in [-0.4, -0.2) is 81.4 Å². The van der Waals surface area contributed by atoms with Crippen LogP contribution in [0.2, 0.25) is 0 Å². The lowest BCUT2D eigenvalue weighted by Gasteiger charge is -2.39. The number of nitrogens with zero attached hydrogens (tertiary/aromatic N) is 2. The molecular weight excluding hydrogens is 262 g/mol. The van der Waals surface area contributed by atoms with E-state index < -0.39 is 0 Å². The molecule has 0 aliphatic carbocycles. The first kappa shape index (κ1) is 15.1. The Hall–Kier alpha value is -1.34. The average Bonchev–Trinajstić information content (AvgIpc) is 2.43. The van der Waals surface area contributed by atoms with Crippen molar-refractivity contribution in [3.8, 4) is 0 Å². The van der Waals surface area contributed by atoms with Crippen molar-refractivity contribution in [1.29, 1.82) is 0 Å². The maximum Gasteiger partial charge on any atom is 0.317 e. The predicted molar refractivity (Wildman–Crippen MR) is 72.4 cm³/mol. The Balaban J connectivity index is 1.70. The second-order valence-electron chi connectivity index (χ2n) is 5.76. The number of nitrogens with one attached hydrogen (secondary N) is 1. The number of amides is 3. The molecule has 2 fully saturated rings. The Bertz CT molecular complexity index is 363. The minimum absolute atomic E-state index is 0.0216. The lowest BCUT2D eigenvalue weighted by Crippen LogP contribution is -2.56. The fourth-order valence-electron chi connectivity index (χ4n) is 2.33. The number of rotatable bonds is 4. The average molecular weight is 285 g/mol. The molecule has 114 valence electrons. The predicted octanol–water partition coefficient (Wildman–Crippen LogP) is -0.477. The van der Waals surface area contributed by atoms with E-state index in [2.05, 4.69) is 12.2 Å². The molecule has 2 saturated heterocycles. The van der Waals surface area contributed by atoms with Crippen molar-refractivity contribution in [3.63, 3.8) is 0 Å². The summed E-state index contributed by atoms with van der Waals surface area (Å²) in [6.45, 7) is 6.49. The van der Waals surface area contributed by atoms with Crippen LogP contribution in [-0.2, 0) is 14.3 Å². The minimum atomic E-state index is -0.0584. The van der Waals surface area contributed by atoms with E-state index in [4.69, 9.17) is 9.47 Å². The molecule has 2 rings (SSSR count). The second kappa shape index (κ2) is 6.41. The van der Waals surface area contributed by atoms with Gasteiger partial charge in [-0.15, -0.1) is 0 Å². The van der Waals surface area contributed by atoms with Crippen LogP contribution in [0.1, 0.15) is 6.92 Å². The Morgan fingerprint density at radius 3 is 2.30 bits per heavy atom. The number of hydrogen-bond donors (Lipinski definition) is 1. The van der Waals surface area contributed by atoms with Gasteiger partial charge in [-0.3, -0.25) is 4.79 Å². The molecule has 7 heteroatoms. The normalized spacial score (nSPS) is 21.3. The van der Waals surface area contributed by atoms with Gasteiger partial charge < -0.3 is 24.6 Å². The monoisotopic (exact) mass is 285 g/mol. The van der Waals surface area contributed by atoms with E-state index >= 15 is 0 Å². The first-order valence-electron chi connectivity index (χ1n) is 6.91. The minimum Gasteiger partial charge on any atom is -0.380 e. The molecule has 20 heavy (non-hydrogen) atoms. The largest absolute Gasteiger partial charge is 0.380 e. The van der Waals surface area contributed by atoms with Gasteiger partial charge in [0.05, 0.1) is 13.2 Å². The zero-order valence-electron chi connectivity index (χ0n) is 12.2. The first-order chi connectivity index (χ1) is 9.54. The zero-order valence-corrected chi connectivity index (χ0v) is 12.2. The van der Waals surface area contributed by atoms with Crippen molar-refractivity contribution in [3.05, 3.63) is 0 Å². The van der Waals surface area contributed by atoms with Gasteiger partial charge in [-0.25, -0.2) is 4.79 Å². The summed E-state index contributed by atoms with van der Waals surface area (Å²) in [5.74, 6) is -0.0216. The fraction of sp³-hybridized carbons (Fsp3) is 0.846. The summed E-state index contributed by atoms with van der Waals surface area (Å²) in [6.07, 6.45) is 0. The third-order valence-corrected chi connectivity index (χ3v) is 3.75. The van der Waals surface area contributed by atoms with Crippen LogP contribution in [0.4, 0.5) is 4.79 Å². The van der Waals surface area contributed by atoms with Gasteiger partial charge in [0, 0.05) is 45.2 Å². The van der Waals surface area contributed by atoms with Gasteiger partial charge in [0.25, 0.3) is 0 Å². The van der Waals surface area contributed by atoms with Gasteiger partial charge in [-0.1, -0.05) is 6.92 Å². The molecule has 0 bridgehead atoms. The summed E-state index contributed by atoms with van der Waals surface area (Å²) in [5.41, 5.74) is 0.0753. The Morgan fingerprint density at radius 2 is 1.80 bits per heavy atom. The summed E-state index contributed by atoms with van der Waals surface area (Å²) < 4.78 is 9.99. The molecule has 0 atom stereocenters. The van der Waals surface area contributed by atoms with Crippen molar-refractivity contribution >= 4 is 11.9 Å². The summed E-state index contributed by atoms with van der Waals surface area (Å²) in [5, 5.41) is 2.94. The maximum absolute atomic E-state index is 12.0. The topological polar surface area (TPSA) is 71.1 Å². The van der Waals surface area contributed by atoms with Crippen molar-refractivity contribution in [2.45, 2.75) is 6.92 Å². The quantitative estimate of drug-likeness (QED) is 0.757. The fourth-order valence-corrected chi connectivity index (χ4v) is 2.33. The highest BCUT2D eigenvalue weighted by molar-refractivity contribution is 5.78. The number of carbonyl (C=O) groups excluding carboxylic acids is 2. The Morgan fingerprint density at radius 1 is 1.20 bits per heavy atom. The van der Waals surface area contributed by atoms with Gasteiger partial charge in [-0.2, -0.15) is 0 Å². The lowest BCUT2D eigenvalue weighted by molar-refractivity contribution is -0.136. The summed E-state index contributed by atoms with van der Waals surface area (Å²) in [6, 6.07) is -0.0584. The van der Waals surface area contributed by atoms with Crippen molar-refractivity contribution in [1.82, 2.24) is 15.1 Å². The standard InChI is InChI=1S/C13H23N3O4/c1-13(9-20-10-13)8-14-12(18)16-5-3-15(4-6-16)11(17)7-19-2/h3-10H2,1-2H3,(H,14,18). The van der Waals surface area contributed by atoms with Crippen LogP contribution in [0.25, 0.3) is 0 Å². The molecule has 2 aliphatic heterocycles. The highest BCUT2D eigenvalue weighted by Gasteiger charge is 2.34. The molecule has 7 nitrogen and oxygen atoms in total. The van der Waals surface area contributed by atoms with Crippen LogP contribution in [0, 0.1) is 5.41 Å². The molecular formula is C13H23N3O4. The first-order valence-corrected chi connectivity index (χ1v) is 6.91. The van der Waals surface area contributed by atoms with Crippen LogP contribution in [0.15, 0.2) is 0 Å². The number of hydrogen-bond acceptors (Lipinski definition) is 4. The van der Waals surface area contributed by atoms with E-state index in [-0.39, 0.29) is 24.0 Å². The van der Waals surface area contributed by atoms with Gasteiger partial charge in [-0.05, 0) is 0 Å². The summed E-state index contributed by atoms with van der Waals surface area (Å²) in [4.78, 5) is 27.2. The molecule has 0 radical (unpaired) electrons. The molecule has 0 aromatic heterocycles. The highest BCUT2D eigenvalue weighted by atomic mass is 16.5. The van der Waals surface area contributed by atoms with Crippen LogP contribution in [0.3, 0.4) is 0 Å². The number of carbonyl (C=O) groups is 2. The third kappa shape index (κ3) is 3.61. The molecule has 0 unspecified atom stereocenters. The molecule has 2 heterocycles. The van der Waals surface area contributed by atoms with Crippen LogP contribution in [0.5, 0.6) is 0 Å². The van der Waals surface area contributed by atoms with E-state index in [0.717, 1.165) is 0 Å². The van der Waals surface area contributed by atoms with Crippen LogP contribution < -0.4 is 5.32 Å². The molecule has 0 aromatic rings. The van der Waals surface area contributed by atoms with E-state index in [0.29, 0.717) is 45.9 Å². The smallest absolute Gasteiger partial charge is 0.317 e. The molecule has 1 N–H and O–H groups in total. The van der Waals surface area contributed by atoms with Gasteiger partial charge in [0.2, 0.25) is 5.91 Å². The molecule has 2 aliphatic rings. The number of methoxy groups -OCH3 is 1. The highest BCUT2D eigenvalue weighted by Crippen LogP contribution is 2.25. The lowest BCUT2D eigenvalue weighted by atomic mass is 9.89. The number of piperazine rings is 1. The van der Waals surface area contributed by atoms with E-state index in [1.165, 1.54) is 7.11 Å². The Labute approximate surface area is 119 Å². The van der Waals surface area contributed by atoms with E-state index in [9.17, 15) is 9.59 Å². The Kier molecular flexibility index (Phi) is 4.82. The maximum atomic E-state index is 12.0. The second-order valence-corrected chi connectivity index (χ2v) is 5.76. The molecule has 0 aromatic carbocycles. The van der Waals surface area contributed by atoms with Gasteiger partial charge in [0.1, 0.15) is 6.61 Å². The van der Waals surface area contributed by atoms with E-state index in [1.807, 2.05) is 0 Å². The van der Waals surface area contributed by atoms with Crippen molar-refractivity contribution in [2.75, 3.05) is 59.7 Å². The molecule has 0 spiro atoms. The summed E-state index contributed by atoms with van der Waals surface area (Å²) >= 11 is 0. The van der Waals surface area contributed by atoms with Crippen LogP contribution >= 0.6 is 0 Å². The van der Waals surface area contributed by atoms with Gasteiger partial charge >= 0.3 is 6.03 Å². The molecule has 0 saturated carbocycles. The van der Waals surface area contributed by atoms with Crippen molar-refractivity contribution in [2.24, 2.45) is 5.41 Å². The summed E-state index contributed by atoms with van der Waals surface area (Å²) in [7, 11) is 1.51. The van der Waals surface area contributed by atoms with E-state index in [1.54, 1.807) is 9.80 Å². The number of ether oxygens (including phenoxy) is 2. The third-order valence-electron chi connectivity index (χ3n) is 3.75. The molecule has 3 amide bonds. The van der Waals surface area contributed by atoms with Crippen molar-refractivity contribution < 1.29 is 19.1 Å².